The molecule has 1 aliphatic heterocycles. The van der Waals surface area contributed by atoms with E-state index in [9.17, 15) is 19.5 Å². The third-order valence-electron chi connectivity index (χ3n) is 4.61. The van der Waals surface area contributed by atoms with E-state index in [0.717, 1.165) is 4.90 Å². The number of ether oxygens (including phenoxy) is 2. The lowest BCUT2D eigenvalue weighted by molar-refractivity contribution is -0.130. The summed E-state index contributed by atoms with van der Waals surface area (Å²) in [6.07, 6.45) is -0.388. The quantitative estimate of drug-likeness (QED) is 0.369. The van der Waals surface area contributed by atoms with Gasteiger partial charge in [-0.05, 0) is 36.8 Å². The number of phenolic OH excluding ortho intramolecular Hbond substituents is 1. The Hall–Kier alpha value is -3.59. The van der Waals surface area contributed by atoms with Gasteiger partial charge >= 0.3 is 0 Å². The maximum Gasteiger partial charge on any atom is 0.265 e. The first kappa shape index (κ1) is 20.2. The van der Waals surface area contributed by atoms with Crippen LogP contribution in [0.1, 0.15) is 45.7 Å². The fourth-order valence-electron chi connectivity index (χ4n) is 3.32. The Bertz CT molecular complexity index is 973. The monoisotopic (exact) mass is 400 g/mol. The molecule has 1 aliphatic rings. The SMILES string of the molecule is CCOc1cc(C(CC(=O)NO)N2C(=O)c3cccc(O)c3C2=O)ccc1OC. The molecule has 3 N–H and O–H groups in total. The summed E-state index contributed by atoms with van der Waals surface area (Å²) in [5.41, 5.74) is 1.87. The fraction of sp³-hybridized carbons (Fsp3) is 0.250. The Morgan fingerprint density at radius 1 is 1.17 bits per heavy atom. The number of hydroxylamine groups is 1. The minimum atomic E-state index is -1.04. The van der Waals surface area contributed by atoms with Gasteiger partial charge in [0.05, 0.1) is 37.3 Å². The number of fused-ring (bicyclic) bond motifs is 1. The Morgan fingerprint density at radius 3 is 2.55 bits per heavy atom. The molecule has 9 heteroatoms. The van der Waals surface area contributed by atoms with Gasteiger partial charge in [-0.2, -0.15) is 0 Å². The van der Waals surface area contributed by atoms with Gasteiger partial charge in [-0.15, -0.1) is 0 Å². The van der Waals surface area contributed by atoms with Crippen molar-refractivity contribution in [3.63, 3.8) is 0 Å². The van der Waals surface area contributed by atoms with Crippen molar-refractivity contribution in [2.45, 2.75) is 19.4 Å². The molecule has 0 aliphatic carbocycles. The summed E-state index contributed by atoms with van der Waals surface area (Å²) in [7, 11) is 1.47. The number of hydrogen-bond acceptors (Lipinski definition) is 7. The van der Waals surface area contributed by atoms with Gasteiger partial charge in [0.15, 0.2) is 11.5 Å². The summed E-state index contributed by atoms with van der Waals surface area (Å²) in [5, 5.41) is 19.0. The molecule has 0 radical (unpaired) electrons. The first-order valence-electron chi connectivity index (χ1n) is 8.86. The number of nitrogens with zero attached hydrogens (tertiary/aromatic N) is 1. The van der Waals surface area contributed by atoms with Crippen LogP contribution in [0.25, 0.3) is 0 Å². The number of phenols is 1. The summed E-state index contributed by atoms with van der Waals surface area (Å²) in [6, 6.07) is 7.92. The summed E-state index contributed by atoms with van der Waals surface area (Å²) in [4.78, 5) is 38.7. The maximum absolute atomic E-state index is 12.9. The highest BCUT2D eigenvalue weighted by atomic mass is 16.5. The number of methoxy groups -OCH3 is 1. The van der Waals surface area contributed by atoms with Crippen LogP contribution in [-0.2, 0) is 4.79 Å². The molecule has 0 saturated heterocycles. The number of nitrogens with one attached hydrogen (secondary N) is 1. The molecule has 0 fully saturated rings. The van der Waals surface area contributed by atoms with E-state index in [0.29, 0.717) is 23.7 Å². The van der Waals surface area contributed by atoms with Gasteiger partial charge in [0.25, 0.3) is 11.8 Å². The van der Waals surface area contributed by atoms with Crippen LogP contribution in [0.5, 0.6) is 17.2 Å². The molecule has 29 heavy (non-hydrogen) atoms. The van der Waals surface area contributed by atoms with Gasteiger partial charge in [-0.25, -0.2) is 5.48 Å². The van der Waals surface area contributed by atoms with Crippen molar-refractivity contribution in [2.75, 3.05) is 13.7 Å². The standard InChI is InChI=1S/C20H20N2O7/c1-3-29-16-9-11(7-8-15(16)28-2)13(10-17(24)21-27)22-19(25)12-5-4-6-14(23)18(12)20(22)26/h4-9,13,23,27H,3,10H2,1-2H3,(H,21,24). The molecule has 0 aromatic heterocycles. The third kappa shape index (κ3) is 3.59. The predicted octanol–water partition coefficient (Wildman–Crippen LogP) is 2.03. The van der Waals surface area contributed by atoms with Crippen molar-refractivity contribution in [3.05, 3.63) is 53.1 Å². The number of amides is 3. The van der Waals surface area contributed by atoms with Gasteiger partial charge < -0.3 is 14.6 Å². The van der Waals surface area contributed by atoms with Gasteiger partial charge in [0, 0.05) is 0 Å². The minimum absolute atomic E-state index is 0.0444. The van der Waals surface area contributed by atoms with Crippen LogP contribution < -0.4 is 15.0 Å². The molecule has 0 bridgehead atoms. The Morgan fingerprint density at radius 2 is 1.93 bits per heavy atom. The van der Waals surface area contributed by atoms with Crippen molar-refractivity contribution in [3.8, 4) is 17.2 Å². The van der Waals surface area contributed by atoms with Crippen LogP contribution >= 0.6 is 0 Å². The van der Waals surface area contributed by atoms with Crippen molar-refractivity contribution in [1.29, 1.82) is 0 Å². The minimum Gasteiger partial charge on any atom is -0.507 e. The van der Waals surface area contributed by atoms with Crippen LogP contribution in [0.15, 0.2) is 36.4 Å². The van der Waals surface area contributed by atoms with E-state index < -0.39 is 23.8 Å². The van der Waals surface area contributed by atoms with Crippen molar-refractivity contribution in [1.82, 2.24) is 10.4 Å². The smallest absolute Gasteiger partial charge is 0.265 e. The van der Waals surface area contributed by atoms with Crippen LogP contribution in [0, 0.1) is 0 Å². The van der Waals surface area contributed by atoms with Gasteiger partial charge in [0.1, 0.15) is 5.75 Å². The Kier molecular flexibility index (Phi) is 5.69. The van der Waals surface area contributed by atoms with Crippen LogP contribution in [-0.4, -0.2) is 46.7 Å². The number of imide groups is 1. The van der Waals surface area contributed by atoms with Crippen LogP contribution in [0.2, 0.25) is 0 Å². The van der Waals surface area contributed by atoms with E-state index in [1.165, 1.54) is 30.8 Å². The van der Waals surface area contributed by atoms with E-state index in [1.807, 2.05) is 0 Å². The molecular weight excluding hydrogens is 380 g/mol. The maximum atomic E-state index is 12.9. The summed E-state index contributed by atoms with van der Waals surface area (Å²) in [5.74, 6) is -1.66. The number of carbonyl (C=O) groups is 3. The average molecular weight is 400 g/mol. The van der Waals surface area contributed by atoms with E-state index in [2.05, 4.69) is 0 Å². The summed E-state index contributed by atoms with van der Waals surface area (Å²) < 4.78 is 10.8. The first-order chi connectivity index (χ1) is 13.9. The largest absolute Gasteiger partial charge is 0.507 e. The van der Waals surface area contributed by atoms with Gasteiger partial charge in [0.2, 0.25) is 5.91 Å². The zero-order valence-electron chi connectivity index (χ0n) is 15.8. The molecule has 1 atom stereocenters. The Balaban J connectivity index is 2.09. The molecule has 1 unspecified atom stereocenters. The van der Waals surface area contributed by atoms with Crippen LogP contribution in [0.4, 0.5) is 0 Å². The van der Waals surface area contributed by atoms with E-state index in [-0.39, 0.29) is 23.3 Å². The molecule has 3 amide bonds. The molecule has 152 valence electrons. The van der Waals surface area contributed by atoms with Crippen LogP contribution in [0.3, 0.4) is 0 Å². The number of aromatic hydroxyl groups is 1. The molecule has 2 aromatic rings. The lowest BCUT2D eigenvalue weighted by Crippen LogP contribution is -2.37. The Labute approximate surface area is 166 Å². The normalized spacial score (nSPS) is 13.8. The highest BCUT2D eigenvalue weighted by Gasteiger charge is 2.43. The number of benzene rings is 2. The van der Waals surface area contributed by atoms with E-state index in [1.54, 1.807) is 25.1 Å². The van der Waals surface area contributed by atoms with Gasteiger partial charge in [-0.3, -0.25) is 24.5 Å². The molecule has 0 saturated carbocycles. The van der Waals surface area contributed by atoms with Crippen molar-refractivity contribution >= 4 is 17.7 Å². The fourth-order valence-corrected chi connectivity index (χ4v) is 3.32. The van der Waals surface area contributed by atoms with Crippen molar-refractivity contribution < 1.29 is 34.2 Å². The third-order valence-corrected chi connectivity index (χ3v) is 4.61. The molecule has 0 spiro atoms. The lowest BCUT2D eigenvalue weighted by atomic mass is 10.0. The van der Waals surface area contributed by atoms with Gasteiger partial charge in [-0.1, -0.05) is 12.1 Å². The zero-order valence-corrected chi connectivity index (χ0v) is 15.8. The number of rotatable bonds is 7. The average Bonchev–Trinajstić information content (AvgIpc) is 2.97. The highest BCUT2D eigenvalue weighted by Crippen LogP contribution is 2.39. The molecule has 9 nitrogen and oxygen atoms in total. The predicted molar refractivity (Wildman–Crippen MR) is 100 cm³/mol. The molecule has 1 heterocycles. The number of carbonyl (C=O) groups excluding carboxylic acids is 3. The molecular formula is C20H20N2O7. The zero-order chi connectivity index (χ0) is 21.1. The summed E-state index contributed by atoms with van der Waals surface area (Å²) >= 11 is 0. The molecule has 3 rings (SSSR count). The topological polar surface area (TPSA) is 125 Å². The summed E-state index contributed by atoms with van der Waals surface area (Å²) in [6.45, 7) is 2.14. The molecule has 2 aromatic carbocycles. The van der Waals surface area contributed by atoms with E-state index in [4.69, 9.17) is 14.7 Å². The van der Waals surface area contributed by atoms with Crippen molar-refractivity contribution in [2.24, 2.45) is 0 Å². The lowest BCUT2D eigenvalue weighted by Gasteiger charge is -2.26. The number of hydrogen-bond donors (Lipinski definition) is 3. The second-order valence-electron chi connectivity index (χ2n) is 6.28. The van der Waals surface area contributed by atoms with E-state index >= 15 is 0 Å². The second-order valence-corrected chi connectivity index (χ2v) is 6.28. The highest BCUT2D eigenvalue weighted by molar-refractivity contribution is 6.22. The second kappa shape index (κ2) is 8.19. The first-order valence-corrected chi connectivity index (χ1v) is 8.86.